The lowest BCUT2D eigenvalue weighted by Gasteiger charge is -2.50. The van der Waals surface area contributed by atoms with E-state index in [9.17, 15) is 28.7 Å². The maximum Gasteiger partial charge on any atom is 0.258 e. The van der Waals surface area contributed by atoms with Crippen LogP contribution in [0.2, 0.25) is 0 Å². The number of hydrogen-bond acceptors (Lipinski definition) is 7. The Bertz CT molecular complexity index is 2150. The summed E-state index contributed by atoms with van der Waals surface area (Å²) in [4.78, 5) is 55.2. The van der Waals surface area contributed by atoms with Crippen molar-refractivity contribution < 1.29 is 33.4 Å². The molecule has 8 rings (SSSR count). The van der Waals surface area contributed by atoms with E-state index in [1.165, 1.54) is 36.3 Å². The molecule has 9 nitrogen and oxygen atoms in total. The zero-order chi connectivity index (χ0) is 35.8. The van der Waals surface area contributed by atoms with E-state index in [1.54, 1.807) is 30.3 Å². The van der Waals surface area contributed by atoms with Crippen molar-refractivity contribution in [2.24, 2.45) is 17.8 Å². The SMILES string of the molecule is COc1ccc(C2C3=CCC4C(=O)N(c5ccc(Nc6ccccc6)cc5)C(=O)C4C3CC3(Cl)C(=O)N(c4ccc(F)cc4)C(=O)C23Cl)cc1O. The fourth-order valence-corrected chi connectivity index (χ4v) is 9.23. The number of halogens is 3. The third-order valence-corrected chi connectivity index (χ3v) is 12.0. The molecule has 0 bridgehead atoms. The van der Waals surface area contributed by atoms with Crippen molar-refractivity contribution in [1.29, 1.82) is 0 Å². The maximum atomic E-state index is 14.5. The number of carbonyl (C=O) groups excluding carboxylic acids is 4. The summed E-state index contributed by atoms with van der Waals surface area (Å²) < 4.78 is 19.2. The van der Waals surface area contributed by atoms with Crippen LogP contribution in [-0.4, -0.2) is 45.6 Å². The highest BCUT2D eigenvalue weighted by atomic mass is 35.5. The van der Waals surface area contributed by atoms with Gasteiger partial charge in [-0.3, -0.25) is 24.1 Å². The zero-order valence-electron chi connectivity index (χ0n) is 27.1. The summed E-state index contributed by atoms with van der Waals surface area (Å²) in [5.41, 5.74) is 3.05. The second-order valence-electron chi connectivity index (χ2n) is 13.2. The van der Waals surface area contributed by atoms with Crippen LogP contribution in [0.3, 0.4) is 0 Å². The number of phenolic OH excluding ortho intramolecular Hbond substituents is 1. The zero-order valence-corrected chi connectivity index (χ0v) is 28.6. The molecular weight excluding hydrogens is 696 g/mol. The smallest absolute Gasteiger partial charge is 0.258 e. The van der Waals surface area contributed by atoms with Crippen LogP contribution in [0.1, 0.15) is 24.3 Å². The Morgan fingerprint density at radius 3 is 2.12 bits per heavy atom. The molecule has 2 N–H and O–H groups in total. The van der Waals surface area contributed by atoms with Gasteiger partial charge in [-0.25, -0.2) is 9.29 Å². The van der Waals surface area contributed by atoms with E-state index in [1.807, 2.05) is 36.4 Å². The van der Waals surface area contributed by atoms with Crippen molar-refractivity contribution in [3.63, 3.8) is 0 Å². The molecule has 4 aromatic carbocycles. The molecule has 0 aromatic heterocycles. The number of imide groups is 2. The summed E-state index contributed by atoms with van der Waals surface area (Å²) in [6.07, 6.45) is 1.77. The van der Waals surface area contributed by atoms with Crippen LogP contribution in [0, 0.1) is 23.6 Å². The first kappa shape index (κ1) is 33.0. The number of alkyl halides is 2. The lowest BCUT2D eigenvalue weighted by molar-refractivity contribution is -0.125. The molecule has 6 atom stereocenters. The van der Waals surface area contributed by atoms with Crippen LogP contribution in [-0.2, 0) is 19.2 Å². The largest absolute Gasteiger partial charge is 0.504 e. The standard InChI is InChI=1S/C39H30Cl2FN3O6/c1-51-31-18-7-21(19-30(31)46)33-27-16-17-28-32(35(48)44(34(28)47)25-14-10-24(11-15-25)43-23-5-3-2-4-6-23)29(27)20-38(40)36(49)45(37(50)39(33,38)41)26-12-8-22(42)9-13-26/h2-16,18-19,28-29,32-33,43,46H,17,20H2,1H3. The van der Waals surface area contributed by atoms with Crippen LogP contribution in [0.25, 0.3) is 0 Å². The number of benzene rings is 4. The molecule has 2 saturated heterocycles. The number of phenols is 1. The van der Waals surface area contributed by atoms with Crippen molar-refractivity contribution in [3.05, 3.63) is 120 Å². The number of nitrogens with one attached hydrogen (secondary N) is 1. The van der Waals surface area contributed by atoms with Gasteiger partial charge in [0, 0.05) is 17.3 Å². The summed E-state index contributed by atoms with van der Waals surface area (Å²) >= 11 is 14.8. The second kappa shape index (κ2) is 12.0. The predicted molar refractivity (Wildman–Crippen MR) is 190 cm³/mol. The highest BCUT2D eigenvalue weighted by molar-refractivity contribution is 6.58. The average molecular weight is 727 g/mol. The topological polar surface area (TPSA) is 116 Å². The molecule has 2 heterocycles. The number of fused-ring (bicyclic) bond motifs is 4. The minimum atomic E-state index is -2.12. The number of allylic oxidation sites excluding steroid dienone is 2. The molecular formula is C39H30Cl2FN3O6. The van der Waals surface area contributed by atoms with Gasteiger partial charge in [0.15, 0.2) is 21.2 Å². The average Bonchev–Trinajstić information content (AvgIpc) is 3.47. The number of hydrogen-bond donors (Lipinski definition) is 2. The Hall–Kier alpha value is -5.19. The Kier molecular flexibility index (Phi) is 7.73. The van der Waals surface area contributed by atoms with E-state index >= 15 is 0 Å². The van der Waals surface area contributed by atoms with Gasteiger partial charge >= 0.3 is 0 Å². The van der Waals surface area contributed by atoms with Gasteiger partial charge in [0.05, 0.1) is 30.3 Å². The van der Waals surface area contributed by atoms with E-state index in [0.29, 0.717) is 16.8 Å². The van der Waals surface area contributed by atoms with Crippen molar-refractivity contribution in [3.8, 4) is 11.5 Å². The van der Waals surface area contributed by atoms with E-state index < -0.39 is 57.0 Å². The fourth-order valence-electron chi connectivity index (χ4n) is 8.30. The number of methoxy groups -OCH3 is 1. The van der Waals surface area contributed by atoms with Crippen LogP contribution in [0.5, 0.6) is 11.5 Å². The van der Waals surface area contributed by atoms with Gasteiger partial charge in [0.2, 0.25) is 11.8 Å². The van der Waals surface area contributed by atoms with Crippen molar-refractivity contribution in [2.45, 2.75) is 28.5 Å². The number of rotatable bonds is 6. The van der Waals surface area contributed by atoms with Crippen molar-refractivity contribution >= 4 is 69.6 Å². The summed E-state index contributed by atoms with van der Waals surface area (Å²) in [7, 11) is 1.39. The van der Waals surface area contributed by atoms with Gasteiger partial charge in [0.1, 0.15) is 5.82 Å². The number of anilines is 4. The highest BCUT2D eigenvalue weighted by Crippen LogP contribution is 2.66. The number of para-hydroxylation sites is 1. The molecule has 12 heteroatoms. The van der Waals surface area contributed by atoms with E-state index in [0.717, 1.165) is 28.4 Å². The monoisotopic (exact) mass is 725 g/mol. The molecule has 0 radical (unpaired) electrons. The van der Waals surface area contributed by atoms with Crippen LogP contribution in [0.15, 0.2) is 109 Å². The quantitative estimate of drug-likeness (QED) is 0.124. The first-order valence-corrected chi connectivity index (χ1v) is 17.1. The molecule has 0 spiro atoms. The summed E-state index contributed by atoms with van der Waals surface area (Å²) in [5, 5.41) is 14.1. The molecule has 258 valence electrons. The van der Waals surface area contributed by atoms with Crippen molar-refractivity contribution in [2.75, 3.05) is 22.2 Å². The van der Waals surface area contributed by atoms with Gasteiger partial charge in [-0.1, -0.05) is 35.9 Å². The van der Waals surface area contributed by atoms with Gasteiger partial charge in [-0.15, -0.1) is 23.2 Å². The van der Waals surface area contributed by atoms with Crippen LogP contribution >= 0.6 is 23.2 Å². The van der Waals surface area contributed by atoms with E-state index in [4.69, 9.17) is 27.9 Å². The Balaban J connectivity index is 1.20. The lowest BCUT2D eigenvalue weighted by Crippen LogP contribution is -2.60. The minimum absolute atomic E-state index is 0.0792. The third-order valence-electron chi connectivity index (χ3n) is 10.6. The normalized spacial score (nSPS) is 28.3. The number of amides is 4. The molecule has 6 unspecified atom stereocenters. The highest BCUT2D eigenvalue weighted by Gasteiger charge is 2.76. The Morgan fingerprint density at radius 1 is 0.804 bits per heavy atom. The number of aromatic hydroxyl groups is 1. The predicted octanol–water partition coefficient (Wildman–Crippen LogP) is 7.05. The molecule has 2 aliphatic heterocycles. The van der Waals surface area contributed by atoms with Gasteiger partial charge in [-0.2, -0.15) is 0 Å². The summed E-state index contributed by atoms with van der Waals surface area (Å²) in [5.74, 6) is -6.64. The molecule has 1 saturated carbocycles. The Morgan fingerprint density at radius 2 is 1.45 bits per heavy atom. The van der Waals surface area contributed by atoms with Gasteiger partial charge in [0.25, 0.3) is 11.8 Å². The third kappa shape index (κ3) is 4.80. The van der Waals surface area contributed by atoms with Gasteiger partial charge < -0.3 is 15.2 Å². The van der Waals surface area contributed by atoms with Crippen molar-refractivity contribution in [1.82, 2.24) is 0 Å². The first-order valence-electron chi connectivity index (χ1n) is 16.4. The molecule has 4 aromatic rings. The molecule has 2 aliphatic carbocycles. The molecule has 51 heavy (non-hydrogen) atoms. The molecule has 3 fully saturated rings. The fraction of sp³-hybridized carbons (Fsp3) is 0.231. The lowest BCUT2D eigenvalue weighted by atomic mass is 9.56. The molecule has 4 aliphatic rings. The number of nitrogens with zero attached hydrogens (tertiary/aromatic N) is 2. The summed E-state index contributed by atoms with van der Waals surface area (Å²) in [6.45, 7) is 0. The number of ether oxygens (including phenoxy) is 1. The second-order valence-corrected chi connectivity index (χ2v) is 14.5. The van der Waals surface area contributed by atoms with E-state index in [2.05, 4.69) is 5.32 Å². The first-order chi connectivity index (χ1) is 24.5. The minimum Gasteiger partial charge on any atom is -0.504 e. The Labute approximate surface area is 302 Å². The van der Waals surface area contributed by atoms with E-state index in [-0.39, 0.29) is 35.9 Å². The van der Waals surface area contributed by atoms with Crippen LogP contribution < -0.4 is 19.9 Å². The van der Waals surface area contributed by atoms with Gasteiger partial charge in [-0.05, 0) is 97.1 Å². The maximum absolute atomic E-state index is 14.5. The number of carbonyl (C=O) groups is 4. The summed E-state index contributed by atoms with van der Waals surface area (Å²) in [6, 6.07) is 25.9. The molecule has 4 amide bonds. The van der Waals surface area contributed by atoms with Crippen LogP contribution in [0.4, 0.5) is 27.1 Å².